The second-order valence-corrected chi connectivity index (χ2v) is 33.9. The van der Waals surface area contributed by atoms with E-state index in [0.29, 0.717) is 44.9 Å². The first-order valence-corrected chi connectivity index (χ1v) is 37.1. The predicted octanol–water partition coefficient (Wildman–Crippen LogP) is -7.29. The van der Waals surface area contributed by atoms with Gasteiger partial charge in [0.15, 0.2) is 43.8 Å². The molecular formula is C70H114O36. The van der Waals surface area contributed by atoms with Gasteiger partial charge in [0.25, 0.3) is 0 Å². The fraction of sp³-hybridized carbons (Fsp3) is 0.957. The van der Waals surface area contributed by atoms with Gasteiger partial charge in [0.2, 0.25) is 6.29 Å². The van der Waals surface area contributed by atoms with Crippen LogP contribution in [-0.4, -0.2) is 368 Å². The highest BCUT2D eigenvalue weighted by Crippen LogP contribution is 2.76. The molecule has 7 heterocycles. The quantitative estimate of drug-likeness (QED) is 0.0344. The molecule has 0 aromatic carbocycles. The van der Waals surface area contributed by atoms with Crippen LogP contribution < -0.4 is 0 Å². The van der Waals surface area contributed by atoms with Gasteiger partial charge in [-0.2, -0.15) is 0 Å². The number of ether oxygens (including phenoxy) is 14. The molecular weight excluding hydrogens is 1420 g/mol. The Morgan fingerprint density at radius 2 is 0.943 bits per heavy atom. The molecule has 0 unspecified atom stereocenters. The van der Waals surface area contributed by atoms with Crippen LogP contribution in [0.3, 0.4) is 0 Å². The molecule has 11 fully saturated rings. The van der Waals surface area contributed by atoms with Crippen molar-refractivity contribution in [1.29, 1.82) is 0 Å². The Bertz CT molecular complexity index is 3010. The smallest absolute Gasteiger partial charge is 0.315 e. The molecule has 0 bridgehead atoms. The first-order valence-electron chi connectivity index (χ1n) is 37.1. The van der Waals surface area contributed by atoms with Crippen molar-refractivity contribution in [2.24, 2.45) is 50.2 Å². The van der Waals surface area contributed by atoms with E-state index in [1.165, 1.54) is 6.92 Å². The van der Waals surface area contributed by atoms with E-state index >= 15 is 4.79 Å². The standard InChI is InChI=1S/C70H114O36/c1-25-38(77)53(102-58-50(89)45(84)41(80)30(19-71)97-58)52(91)60(96-25)105-56-47(86)43(82)32(21-73)99-63(56)106-64(92)70-16-15-68(7)26(27(70)17-65(2,3)36(76)18-70)9-10-35-67(6)13-12-37(66(4,5)34(67)11-14-69(35,68)8)101-62-55(104-59-51(90)46(85)42(81)31(20-72)98-59)48(87)44(83)33(100-62)24-95-61-54(40(79)29(75)23-94-61)103-57-49(88)39(78)28(74)22-93-57/h9,25,27-63,71-91H,10-24H2,1-8H3/t25-,27-,28+,29-,30+,31+,32+,33+,34-,35+,36-,37-,38-,39-,40-,41+,42+,43+,44+,45-,46-,47-,48-,49+,50+,51+,52+,53+,54+,55+,56+,57-,58-,59-,60-,61-,62-,63-,67-,68+,69+,70+/m0/s1. The second-order valence-electron chi connectivity index (χ2n) is 33.9. The molecule has 12 aliphatic rings. The number of hydrogen-bond donors (Lipinski definition) is 21. The highest BCUT2D eigenvalue weighted by Gasteiger charge is 2.72. The highest BCUT2D eigenvalue weighted by atomic mass is 16.8. The normalized spacial score (nSPS) is 54.6. The Balaban J connectivity index is 0.785. The van der Waals surface area contributed by atoms with E-state index in [9.17, 15) is 107 Å². The van der Waals surface area contributed by atoms with Crippen LogP contribution in [0.1, 0.15) is 113 Å². The first kappa shape index (κ1) is 83.3. The number of aliphatic hydroxyl groups excluding tert-OH is 21. The lowest BCUT2D eigenvalue weighted by Gasteiger charge is -2.71. The third-order valence-electron chi connectivity index (χ3n) is 27.1. The molecule has 106 heavy (non-hydrogen) atoms. The molecule has 7 aliphatic heterocycles. The Kier molecular flexibility index (Phi) is 24.8. The van der Waals surface area contributed by atoms with Crippen LogP contribution in [0, 0.1) is 50.2 Å². The highest BCUT2D eigenvalue weighted by molar-refractivity contribution is 5.79. The molecule has 12 rings (SSSR count). The number of allylic oxidation sites excluding steroid dienone is 2. The molecule has 7 saturated heterocycles. The molecule has 36 nitrogen and oxygen atoms in total. The Hall–Kier alpha value is -2.15. The van der Waals surface area contributed by atoms with Crippen LogP contribution in [0.5, 0.6) is 0 Å². The van der Waals surface area contributed by atoms with Crippen molar-refractivity contribution in [1.82, 2.24) is 0 Å². The van der Waals surface area contributed by atoms with E-state index in [-0.39, 0.29) is 24.7 Å². The van der Waals surface area contributed by atoms with E-state index in [1.54, 1.807) is 0 Å². The number of carbonyl (C=O) groups excluding carboxylic acids is 1. The summed E-state index contributed by atoms with van der Waals surface area (Å²) in [6.07, 6.45) is -53.3. The zero-order chi connectivity index (χ0) is 77.3. The molecule has 0 amide bonds. The maximum atomic E-state index is 15.8. The average Bonchev–Trinajstić information content (AvgIpc) is 0.673. The van der Waals surface area contributed by atoms with Crippen LogP contribution in [0.25, 0.3) is 0 Å². The minimum atomic E-state index is -2.03. The topological polar surface area (TPSA) is 571 Å². The molecule has 4 saturated carbocycles. The van der Waals surface area contributed by atoms with Gasteiger partial charge in [-0.1, -0.05) is 60.1 Å². The number of rotatable bonds is 18. The van der Waals surface area contributed by atoms with Gasteiger partial charge < -0.3 is 174 Å². The zero-order valence-electron chi connectivity index (χ0n) is 60.6. The summed E-state index contributed by atoms with van der Waals surface area (Å²) in [6.45, 7) is 12.1. The van der Waals surface area contributed by atoms with E-state index in [4.69, 9.17) is 66.3 Å². The summed E-state index contributed by atoms with van der Waals surface area (Å²) in [6, 6.07) is 0. The largest absolute Gasteiger partial charge is 0.432 e. The van der Waals surface area contributed by atoms with Gasteiger partial charge >= 0.3 is 5.97 Å². The Morgan fingerprint density at radius 3 is 1.54 bits per heavy atom. The van der Waals surface area contributed by atoms with E-state index in [0.717, 1.165) is 5.57 Å². The SMILES string of the molecule is C[C@@H]1O[C@@H](O[C@H]2[C@H](OC(=O)[C@@]34CC[C@]5(C)C(=CC[C@@H]6[C@@]7(C)CC[C@H](O[C@@H]8O[C@H](CO[C@@H]9OC[C@H](O)[C@H](O)[C@H]9O[C@@H]9OC[C@@H](O)[C@H](O)[C@H]9O)[C@@H](O)[C@H](O)[C@H]8O[C@@H]8O[C@H](CO)[C@@H](O)[C@H](O)[C@H]8O)C(C)(C)[C@@H]7CC[C@]65C)[C@@H]3CC(C)(C)[C@@H](O)C4)O[C@H](CO)[C@@H](O)[C@@H]2O)[C@H](O)[C@H](O[C@@H]2O[C@H](CO)[C@@H](O)[C@H](O)[C@H]2O)[C@H]1O. The minimum Gasteiger partial charge on any atom is -0.432 e. The van der Waals surface area contributed by atoms with Gasteiger partial charge in [-0.05, 0) is 110 Å². The van der Waals surface area contributed by atoms with Crippen LogP contribution in [0.4, 0.5) is 0 Å². The predicted molar refractivity (Wildman–Crippen MR) is 349 cm³/mol. The Labute approximate surface area is 612 Å². The van der Waals surface area contributed by atoms with E-state index < -0.39 is 299 Å². The number of esters is 1. The molecule has 42 atom stereocenters. The van der Waals surface area contributed by atoms with Crippen LogP contribution in [-0.2, 0) is 71.1 Å². The molecule has 0 radical (unpaired) electrons. The maximum Gasteiger partial charge on any atom is 0.315 e. The molecule has 0 aromatic heterocycles. The van der Waals surface area contributed by atoms with Gasteiger partial charge in [0.05, 0.1) is 63.4 Å². The lowest BCUT2D eigenvalue weighted by atomic mass is 9.33. The zero-order valence-corrected chi connectivity index (χ0v) is 60.6. The summed E-state index contributed by atoms with van der Waals surface area (Å²) in [7, 11) is 0. The summed E-state index contributed by atoms with van der Waals surface area (Å²) < 4.78 is 84.3. The van der Waals surface area contributed by atoms with Gasteiger partial charge in [-0.15, -0.1) is 0 Å². The summed E-state index contributed by atoms with van der Waals surface area (Å²) in [5, 5.41) is 230. The molecule has 0 spiro atoms. The van der Waals surface area contributed by atoms with Crippen LogP contribution in [0.15, 0.2) is 11.6 Å². The molecule has 5 aliphatic carbocycles. The first-order chi connectivity index (χ1) is 49.7. The molecule has 21 N–H and O–H groups in total. The van der Waals surface area contributed by atoms with Crippen molar-refractivity contribution in [2.45, 2.75) is 328 Å². The summed E-state index contributed by atoms with van der Waals surface area (Å²) in [5.41, 5.74) is -3.39. The van der Waals surface area contributed by atoms with Gasteiger partial charge in [0, 0.05) is 0 Å². The van der Waals surface area contributed by atoms with Crippen LogP contribution >= 0.6 is 0 Å². The lowest BCUT2D eigenvalue weighted by Crippen LogP contribution is -2.67. The lowest BCUT2D eigenvalue weighted by molar-refractivity contribution is -0.384. The van der Waals surface area contributed by atoms with Crippen molar-refractivity contribution in [2.75, 3.05) is 39.6 Å². The second kappa shape index (κ2) is 31.6. The number of aliphatic hydroxyl groups is 21. The third kappa shape index (κ3) is 14.4. The summed E-state index contributed by atoms with van der Waals surface area (Å²) in [5.74, 6) is -1.49. The molecule has 0 aromatic rings. The molecule has 610 valence electrons. The third-order valence-corrected chi connectivity index (χ3v) is 27.1. The molecule has 36 heteroatoms. The van der Waals surface area contributed by atoms with Crippen molar-refractivity contribution in [3.8, 4) is 0 Å². The van der Waals surface area contributed by atoms with Crippen molar-refractivity contribution >= 4 is 5.97 Å². The van der Waals surface area contributed by atoms with Gasteiger partial charge in [-0.3, -0.25) is 4.79 Å². The average molecular weight is 1530 g/mol. The monoisotopic (exact) mass is 1530 g/mol. The Morgan fingerprint density at radius 1 is 0.453 bits per heavy atom. The summed E-state index contributed by atoms with van der Waals surface area (Å²) >= 11 is 0. The summed E-state index contributed by atoms with van der Waals surface area (Å²) in [4.78, 5) is 15.8. The fourth-order valence-electron chi connectivity index (χ4n) is 20.2. The van der Waals surface area contributed by atoms with Crippen molar-refractivity contribution in [3.05, 3.63) is 11.6 Å². The maximum absolute atomic E-state index is 15.8. The van der Waals surface area contributed by atoms with Gasteiger partial charge in [0.1, 0.15) is 146 Å². The van der Waals surface area contributed by atoms with E-state index in [2.05, 4.69) is 40.7 Å². The van der Waals surface area contributed by atoms with Gasteiger partial charge in [-0.25, -0.2) is 0 Å². The fourth-order valence-corrected chi connectivity index (χ4v) is 20.2. The van der Waals surface area contributed by atoms with Crippen molar-refractivity contribution < 1.29 is 178 Å². The van der Waals surface area contributed by atoms with Crippen LogP contribution in [0.2, 0.25) is 0 Å². The number of fused-ring (bicyclic) bond motifs is 7. The number of carbonyl (C=O) groups is 1. The number of hydrogen-bond acceptors (Lipinski definition) is 36. The van der Waals surface area contributed by atoms with Crippen molar-refractivity contribution in [3.63, 3.8) is 0 Å². The minimum absolute atomic E-state index is 0.000351. The van der Waals surface area contributed by atoms with E-state index in [1.807, 2.05) is 13.8 Å².